The Kier molecular flexibility index (Phi) is 6.99. The maximum atomic E-state index is 11.7. The zero-order valence-corrected chi connectivity index (χ0v) is 14.0. The number of carboxylic acid groups (broad SMARTS) is 1. The van der Waals surface area contributed by atoms with E-state index >= 15 is 0 Å². The van der Waals surface area contributed by atoms with E-state index in [0.717, 1.165) is 0 Å². The topological polar surface area (TPSA) is 101 Å². The van der Waals surface area contributed by atoms with Crippen molar-refractivity contribution in [2.45, 2.75) is 31.9 Å². The highest BCUT2D eigenvalue weighted by Gasteiger charge is 2.28. The lowest BCUT2D eigenvalue weighted by atomic mass is 9.97. The molecule has 0 aliphatic carbocycles. The normalized spacial score (nSPS) is 22.1. The first-order valence-corrected chi connectivity index (χ1v) is 9.88. The predicted octanol–water partition coefficient (Wildman–Crippen LogP) is 0.770. The second kappa shape index (κ2) is 8.03. The number of rotatable bonds is 8. The van der Waals surface area contributed by atoms with Gasteiger partial charge < -0.3 is 10.4 Å². The molecule has 1 amide bonds. The van der Waals surface area contributed by atoms with E-state index in [9.17, 15) is 18.0 Å². The molecule has 1 heterocycles. The van der Waals surface area contributed by atoms with E-state index in [2.05, 4.69) is 5.32 Å². The second-order valence-corrected chi connectivity index (χ2v) is 9.32. The van der Waals surface area contributed by atoms with Crippen LogP contribution in [0.1, 0.15) is 26.7 Å². The van der Waals surface area contributed by atoms with E-state index in [4.69, 9.17) is 5.11 Å². The van der Waals surface area contributed by atoms with Gasteiger partial charge in [0.1, 0.15) is 0 Å². The quantitative estimate of drug-likeness (QED) is 0.678. The molecule has 8 heteroatoms. The minimum absolute atomic E-state index is 0.0216. The van der Waals surface area contributed by atoms with Crippen LogP contribution >= 0.6 is 11.8 Å². The van der Waals surface area contributed by atoms with Crippen LogP contribution in [0.3, 0.4) is 0 Å². The van der Waals surface area contributed by atoms with Crippen molar-refractivity contribution in [2.75, 3.05) is 23.8 Å². The van der Waals surface area contributed by atoms with Crippen LogP contribution in [0, 0.1) is 11.8 Å². The fraction of sp³-hybridized carbons (Fsp3) is 0.846. The van der Waals surface area contributed by atoms with Crippen molar-refractivity contribution in [3.63, 3.8) is 0 Å². The van der Waals surface area contributed by atoms with Crippen molar-refractivity contribution in [3.8, 4) is 0 Å². The highest BCUT2D eigenvalue weighted by Crippen LogP contribution is 2.24. The highest BCUT2D eigenvalue weighted by atomic mass is 32.2. The van der Waals surface area contributed by atoms with Gasteiger partial charge in [0.25, 0.3) is 0 Å². The smallest absolute Gasteiger partial charge is 0.308 e. The van der Waals surface area contributed by atoms with Crippen LogP contribution in [0.15, 0.2) is 0 Å². The van der Waals surface area contributed by atoms with Crippen molar-refractivity contribution in [1.29, 1.82) is 0 Å². The molecule has 2 unspecified atom stereocenters. The minimum atomic E-state index is -2.92. The maximum Gasteiger partial charge on any atom is 0.308 e. The lowest BCUT2D eigenvalue weighted by Crippen LogP contribution is -2.35. The molecule has 21 heavy (non-hydrogen) atoms. The van der Waals surface area contributed by atoms with Gasteiger partial charge in [-0.2, -0.15) is 0 Å². The Morgan fingerprint density at radius 1 is 1.38 bits per heavy atom. The molecule has 1 aliphatic rings. The van der Waals surface area contributed by atoms with Gasteiger partial charge in [0.05, 0.1) is 23.2 Å². The monoisotopic (exact) mass is 337 g/mol. The molecule has 122 valence electrons. The van der Waals surface area contributed by atoms with Crippen molar-refractivity contribution in [3.05, 3.63) is 0 Å². The fourth-order valence-electron chi connectivity index (χ4n) is 2.21. The number of carboxylic acids is 1. The number of nitrogens with one attached hydrogen (secondary N) is 1. The molecule has 1 rings (SSSR count). The SMILES string of the molecule is CC(C)CC(CNC(=O)CSC1CCS(=O)(=O)C1)C(=O)O. The van der Waals surface area contributed by atoms with Gasteiger partial charge >= 0.3 is 5.97 Å². The van der Waals surface area contributed by atoms with E-state index in [1.807, 2.05) is 13.8 Å². The molecule has 0 radical (unpaired) electrons. The van der Waals surface area contributed by atoms with Crippen LogP contribution in [0.25, 0.3) is 0 Å². The van der Waals surface area contributed by atoms with Gasteiger partial charge in [-0.15, -0.1) is 11.8 Å². The van der Waals surface area contributed by atoms with Gasteiger partial charge in [-0.05, 0) is 18.8 Å². The predicted molar refractivity (Wildman–Crippen MR) is 83.1 cm³/mol. The first-order chi connectivity index (χ1) is 9.69. The standard InChI is InChI=1S/C13H23NO5S2/c1-9(2)5-10(13(16)17)6-14-12(15)7-20-11-3-4-21(18,19)8-11/h9-11H,3-8H2,1-2H3,(H,14,15)(H,16,17). The van der Waals surface area contributed by atoms with Crippen LogP contribution in [-0.2, 0) is 19.4 Å². The number of amides is 1. The number of sulfone groups is 1. The van der Waals surface area contributed by atoms with Gasteiger partial charge in [0.2, 0.25) is 5.91 Å². The molecule has 0 aromatic heterocycles. The molecular formula is C13H23NO5S2. The van der Waals surface area contributed by atoms with Gasteiger partial charge in [-0.1, -0.05) is 13.8 Å². The Morgan fingerprint density at radius 2 is 2.05 bits per heavy atom. The molecule has 1 fully saturated rings. The first-order valence-electron chi connectivity index (χ1n) is 7.01. The van der Waals surface area contributed by atoms with Gasteiger partial charge in [-0.3, -0.25) is 9.59 Å². The molecule has 2 N–H and O–H groups in total. The number of aliphatic carboxylic acids is 1. The van der Waals surface area contributed by atoms with E-state index in [1.54, 1.807) is 0 Å². The summed E-state index contributed by atoms with van der Waals surface area (Å²) >= 11 is 1.33. The first kappa shape index (κ1) is 18.3. The average Bonchev–Trinajstić information content (AvgIpc) is 2.71. The summed E-state index contributed by atoms with van der Waals surface area (Å²) < 4.78 is 22.6. The van der Waals surface area contributed by atoms with Gasteiger partial charge in [-0.25, -0.2) is 8.42 Å². The summed E-state index contributed by atoms with van der Waals surface area (Å²) in [4.78, 5) is 22.8. The van der Waals surface area contributed by atoms with Gasteiger partial charge in [0, 0.05) is 11.8 Å². The van der Waals surface area contributed by atoms with Gasteiger partial charge in [0.15, 0.2) is 9.84 Å². The minimum Gasteiger partial charge on any atom is -0.481 e. The van der Waals surface area contributed by atoms with Crippen LogP contribution in [-0.4, -0.2) is 54.5 Å². The summed E-state index contributed by atoms with van der Waals surface area (Å²) in [5.41, 5.74) is 0. The average molecular weight is 337 g/mol. The van der Waals surface area contributed by atoms with Crippen LogP contribution in [0.4, 0.5) is 0 Å². The van der Waals surface area contributed by atoms with E-state index in [-0.39, 0.29) is 40.9 Å². The van der Waals surface area contributed by atoms with Crippen molar-refractivity contribution >= 4 is 33.5 Å². The zero-order valence-electron chi connectivity index (χ0n) is 12.4. The van der Waals surface area contributed by atoms with Crippen LogP contribution < -0.4 is 5.32 Å². The summed E-state index contributed by atoms with van der Waals surface area (Å²) in [6.07, 6.45) is 1.11. The number of thioether (sulfide) groups is 1. The molecule has 0 aromatic rings. The lowest BCUT2D eigenvalue weighted by Gasteiger charge is -2.15. The lowest BCUT2D eigenvalue weighted by molar-refractivity contribution is -0.142. The van der Waals surface area contributed by atoms with Crippen molar-refractivity contribution in [2.24, 2.45) is 11.8 Å². The summed E-state index contributed by atoms with van der Waals surface area (Å²) in [7, 11) is -2.92. The van der Waals surface area contributed by atoms with E-state index < -0.39 is 21.7 Å². The number of hydrogen-bond donors (Lipinski definition) is 2. The Bertz CT molecular complexity index is 475. The Balaban J connectivity index is 2.28. The molecule has 6 nitrogen and oxygen atoms in total. The zero-order chi connectivity index (χ0) is 16.0. The molecule has 1 saturated heterocycles. The molecule has 0 spiro atoms. The Morgan fingerprint density at radius 3 is 2.52 bits per heavy atom. The third kappa shape index (κ3) is 7.17. The summed E-state index contributed by atoms with van der Waals surface area (Å²) in [6, 6.07) is 0. The van der Waals surface area contributed by atoms with Crippen molar-refractivity contribution < 1.29 is 23.1 Å². The molecule has 0 aromatic carbocycles. The molecule has 2 atom stereocenters. The molecule has 0 saturated carbocycles. The Labute approximate surface area is 130 Å². The highest BCUT2D eigenvalue weighted by molar-refractivity contribution is 8.02. The summed E-state index contributed by atoms with van der Waals surface area (Å²) in [6.45, 7) is 4.00. The second-order valence-electron chi connectivity index (χ2n) is 5.80. The van der Waals surface area contributed by atoms with E-state index in [0.29, 0.717) is 12.8 Å². The summed E-state index contributed by atoms with van der Waals surface area (Å²) in [5, 5.41) is 11.7. The van der Waals surface area contributed by atoms with Crippen LogP contribution in [0.5, 0.6) is 0 Å². The third-order valence-electron chi connectivity index (χ3n) is 3.29. The molecule has 1 aliphatic heterocycles. The molecular weight excluding hydrogens is 314 g/mol. The van der Waals surface area contributed by atoms with E-state index in [1.165, 1.54) is 11.8 Å². The largest absolute Gasteiger partial charge is 0.481 e. The fourth-order valence-corrected chi connectivity index (χ4v) is 5.69. The number of carbonyl (C=O) groups excluding carboxylic acids is 1. The number of hydrogen-bond acceptors (Lipinski definition) is 5. The molecule has 0 bridgehead atoms. The summed E-state index contributed by atoms with van der Waals surface area (Å²) in [5.74, 6) is -0.962. The van der Waals surface area contributed by atoms with Crippen LogP contribution in [0.2, 0.25) is 0 Å². The Hall–Kier alpha value is -0.760. The van der Waals surface area contributed by atoms with Crippen molar-refractivity contribution in [1.82, 2.24) is 5.32 Å². The third-order valence-corrected chi connectivity index (χ3v) is 6.57. The maximum absolute atomic E-state index is 11.7. The number of carbonyl (C=O) groups is 2.